The van der Waals surface area contributed by atoms with Gasteiger partial charge in [0.05, 0.1) is 0 Å². The van der Waals surface area contributed by atoms with Crippen molar-refractivity contribution in [2.24, 2.45) is 0 Å². The third kappa shape index (κ3) is 3.11. The van der Waals surface area contributed by atoms with E-state index in [1.54, 1.807) is 11.8 Å². The van der Waals surface area contributed by atoms with Crippen LogP contribution < -0.4 is 5.32 Å². The van der Waals surface area contributed by atoms with Crippen molar-refractivity contribution in [3.8, 4) is 0 Å². The predicted molar refractivity (Wildman–Crippen MR) is 64.4 cm³/mol. The van der Waals surface area contributed by atoms with Gasteiger partial charge in [0.1, 0.15) is 5.54 Å². The van der Waals surface area contributed by atoms with E-state index in [1.807, 2.05) is 0 Å². The van der Waals surface area contributed by atoms with Gasteiger partial charge in [-0.15, -0.1) is 0 Å². The van der Waals surface area contributed by atoms with E-state index in [-0.39, 0.29) is 0 Å². The third-order valence-electron chi connectivity index (χ3n) is 3.12. The van der Waals surface area contributed by atoms with Gasteiger partial charge in [0, 0.05) is 11.8 Å². The highest BCUT2D eigenvalue weighted by atomic mass is 32.2. The summed E-state index contributed by atoms with van der Waals surface area (Å²) in [6, 6.07) is 0.333. The van der Waals surface area contributed by atoms with Crippen molar-refractivity contribution in [3.05, 3.63) is 0 Å². The molecule has 0 saturated carbocycles. The van der Waals surface area contributed by atoms with Crippen molar-refractivity contribution in [2.75, 3.05) is 11.5 Å². The molecule has 0 bridgehead atoms. The van der Waals surface area contributed by atoms with Gasteiger partial charge in [0.2, 0.25) is 0 Å². The van der Waals surface area contributed by atoms with Gasteiger partial charge in [-0.05, 0) is 31.4 Å². The summed E-state index contributed by atoms with van der Waals surface area (Å²) in [5.41, 5.74) is -0.667. The van der Waals surface area contributed by atoms with Crippen LogP contribution in [-0.2, 0) is 4.79 Å². The Hall–Kier alpha value is -0.220. The molecule has 1 aliphatic rings. The summed E-state index contributed by atoms with van der Waals surface area (Å²) in [6.45, 7) is 4.21. The molecule has 0 spiro atoms. The number of hydrogen-bond acceptors (Lipinski definition) is 3. The largest absolute Gasteiger partial charge is 0.480 e. The monoisotopic (exact) mass is 231 g/mol. The standard InChI is InChI=1S/C11H21NO2S/c1-3-9(4-2)12-11(10(13)14)6-5-7-15-8-11/h9,12H,3-8H2,1-2H3,(H,13,14). The van der Waals surface area contributed by atoms with Crippen molar-refractivity contribution in [1.82, 2.24) is 5.32 Å². The Morgan fingerprint density at radius 2 is 2.20 bits per heavy atom. The van der Waals surface area contributed by atoms with Crippen molar-refractivity contribution in [2.45, 2.75) is 51.1 Å². The molecule has 88 valence electrons. The van der Waals surface area contributed by atoms with E-state index in [9.17, 15) is 9.90 Å². The number of carboxylic acids is 1. The highest BCUT2D eigenvalue weighted by Crippen LogP contribution is 2.28. The zero-order chi connectivity index (χ0) is 11.3. The highest BCUT2D eigenvalue weighted by molar-refractivity contribution is 7.99. The topological polar surface area (TPSA) is 49.3 Å². The Kier molecular flexibility index (Phi) is 4.93. The van der Waals surface area contributed by atoms with Crippen LogP contribution in [0.4, 0.5) is 0 Å². The maximum absolute atomic E-state index is 11.4. The molecule has 15 heavy (non-hydrogen) atoms. The molecule has 4 heteroatoms. The molecule has 1 atom stereocenters. The second-order valence-electron chi connectivity index (χ2n) is 4.20. The van der Waals surface area contributed by atoms with Crippen LogP contribution in [0.15, 0.2) is 0 Å². The Labute approximate surface area is 96.0 Å². The summed E-state index contributed by atoms with van der Waals surface area (Å²) in [6.07, 6.45) is 3.77. The van der Waals surface area contributed by atoms with Crippen molar-refractivity contribution in [3.63, 3.8) is 0 Å². The quantitative estimate of drug-likeness (QED) is 0.761. The zero-order valence-corrected chi connectivity index (χ0v) is 10.4. The Morgan fingerprint density at radius 3 is 2.60 bits per heavy atom. The molecular formula is C11H21NO2S. The average Bonchev–Trinajstić information content (AvgIpc) is 2.27. The summed E-state index contributed by atoms with van der Waals surface area (Å²) >= 11 is 1.75. The molecule has 0 aromatic heterocycles. The molecule has 1 unspecified atom stereocenters. The minimum Gasteiger partial charge on any atom is -0.480 e. The molecule has 0 aliphatic carbocycles. The van der Waals surface area contributed by atoms with Crippen LogP contribution in [0, 0.1) is 0 Å². The first kappa shape index (κ1) is 12.8. The molecule has 3 nitrogen and oxygen atoms in total. The summed E-state index contributed by atoms with van der Waals surface area (Å²) in [5.74, 6) is 1.12. The van der Waals surface area contributed by atoms with E-state index >= 15 is 0 Å². The maximum atomic E-state index is 11.4. The first-order valence-corrected chi connectivity index (χ1v) is 6.89. The van der Waals surface area contributed by atoms with Gasteiger partial charge in [-0.2, -0.15) is 11.8 Å². The lowest BCUT2D eigenvalue weighted by molar-refractivity contribution is -0.144. The SMILES string of the molecule is CCC(CC)NC1(C(=O)O)CCCSC1. The molecule has 0 radical (unpaired) electrons. The van der Waals surface area contributed by atoms with Gasteiger partial charge < -0.3 is 5.11 Å². The molecule has 0 aromatic carbocycles. The lowest BCUT2D eigenvalue weighted by Crippen LogP contribution is -2.58. The van der Waals surface area contributed by atoms with Crippen molar-refractivity contribution < 1.29 is 9.90 Å². The molecule has 1 aliphatic heterocycles. The fourth-order valence-corrected chi connectivity index (χ4v) is 3.21. The first-order valence-electron chi connectivity index (χ1n) is 5.73. The van der Waals surface area contributed by atoms with Gasteiger partial charge in [-0.1, -0.05) is 13.8 Å². The molecule has 1 rings (SSSR count). The predicted octanol–water partition coefficient (Wildman–Crippen LogP) is 2.12. The van der Waals surface area contributed by atoms with E-state index < -0.39 is 11.5 Å². The zero-order valence-electron chi connectivity index (χ0n) is 9.58. The van der Waals surface area contributed by atoms with E-state index in [0.717, 1.165) is 31.4 Å². The third-order valence-corrected chi connectivity index (χ3v) is 4.39. The normalized spacial score (nSPS) is 26.9. The minimum absolute atomic E-state index is 0.333. The minimum atomic E-state index is -0.679. The lowest BCUT2D eigenvalue weighted by atomic mass is 9.93. The first-order chi connectivity index (χ1) is 7.14. The van der Waals surface area contributed by atoms with Crippen LogP contribution in [0.2, 0.25) is 0 Å². The van der Waals surface area contributed by atoms with E-state index in [2.05, 4.69) is 19.2 Å². The number of carbonyl (C=O) groups is 1. The van der Waals surface area contributed by atoms with Gasteiger partial charge in [-0.25, -0.2) is 0 Å². The van der Waals surface area contributed by atoms with Crippen molar-refractivity contribution >= 4 is 17.7 Å². The Balaban J connectivity index is 2.67. The number of hydrogen-bond donors (Lipinski definition) is 2. The van der Waals surface area contributed by atoms with Gasteiger partial charge in [0.15, 0.2) is 0 Å². The Bertz CT molecular complexity index is 211. The fraction of sp³-hybridized carbons (Fsp3) is 0.909. The number of rotatable bonds is 5. The molecule has 1 heterocycles. The summed E-state index contributed by atoms with van der Waals surface area (Å²) in [4.78, 5) is 11.4. The smallest absolute Gasteiger partial charge is 0.324 e. The van der Waals surface area contributed by atoms with Crippen LogP contribution in [0.5, 0.6) is 0 Å². The van der Waals surface area contributed by atoms with E-state index in [4.69, 9.17) is 0 Å². The van der Waals surface area contributed by atoms with Crippen LogP contribution >= 0.6 is 11.8 Å². The van der Waals surface area contributed by atoms with E-state index in [1.165, 1.54) is 0 Å². The fourth-order valence-electron chi connectivity index (χ4n) is 2.02. The average molecular weight is 231 g/mol. The van der Waals surface area contributed by atoms with Crippen LogP contribution in [0.3, 0.4) is 0 Å². The van der Waals surface area contributed by atoms with Crippen LogP contribution in [-0.4, -0.2) is 34.2 Å². The number of carboxylic acid groups (broad SMARTS) is 1. The number of thioether (sulfide) groups is 1. The number of nitrogens with one attached hydrogen (secondary N) is 1. The van der Waals surface area contributed by atoms with Crippen LogP contribution in [0.1, 0.15) is 39.5 Å². The van der Waals surface area contributed by atoms with Crippen LogP contribution in [0.25, 0.3) is 0 Å². The lowest BCUT2D eigenvalue weighted by Gasteiger charge is -2.36. The van der Waals surface area contributed by atoms with E-state index in [0.29, 0.717) is 11.8 Å². The van der Waals surface area contributed by atoms with Gasteiger partial charge in [0.25, 0.3) is 0 Å². The summed E-state index contributed by atoms with van der Waals surface area (Å²) in [5, 5.41) is 12.7. The molecule has 0 amide bonds. The second-order valence-corrected chi connectivity index (χ2v) is 5.31. The second kappa shape index (κ2) is 5.75. The summed E-state index contributed by atoms with van der Waals surface area (Å²) < 4.78 is 0. The van der Waals surface area contributed by atoms with Crippen molar-refractivity contribution in [1.29, 1.82) is 0 Å². The Morgan fingerprint density at radius 1 is 1.53 bits per heavy atom. The number of aliphatic carboxylic acids is 1. The molecule has 1 saturated heterocycles. The van der Waals surface area contributed by atoms with Gasteiger partial charge in [-0.3, -0.25) is 10.1 Å². The molecule has 0 aromatic rings. The maximum Gasteiger partial charge on any atom is 0.324 e. The highest BCUT2D eigenvalue weighted by Gasteiger charge is 2.40. The molecule has 2 N–H and O–H groups in total. The molecular weight excluding hydrogens is 210 g/mol. The van der Waals surface area contributed by atoms with Gasteiger partial charge >= 0.3 is 5.97 Å². The molecule has 1 fully saturated rings. The summed E-state index contributed by atoms with van der Waals surface area (Å²) in [7, 11) is 0.